The quantitative estimate of drug-likeness (QED) is 0.754. The lowest BCUT2D eigenvalue weighted by atomic mass is 10.0. The molecule has 1 aliphatic rings. The zero-order valence-corrected chi connectivity index (χ0v) is 12.9. The molecule has 1 heterocycles. The third kappa shape index (κ3) is 3.67. The van der Waals surface area contributed by atoms with E-state index >= 15 is 0 Å². The Bertz CT molecular complexity index is 489. The van der Waals surface area contributed by atoms with E-state index in [-0.39, 0.29) is 12.0 Å². The minimum atomic E-state index is -0.162. The fourth-order valence-electron chi connectivity index (χ4n) is 2.83. The van der Waals surface area contributed by atoms with Crippen molar-refractivity contribution in [1.29, 1.82) is 0 Å². The van der Waals surface area contributed by atoms with E-state index in [1.165, 1.54) is 0 Å². The third-order valence-electron chi connectivity index (χ3n) is 3.79. The van der Waals surface area contributed by atoms with Gasteiger partial charge in [-0.1, -0.05) is 6.07 Å². The summed E-state index contributed by atoms with van der Waals surface area (Å²) in [7, 11) is 3.26. The van der Waals surface area contributed by atoms with Gasteiger partial charge in [-0.2, -0.15) is 0 Å². The van der Waals surface area contributed by atoms with Gasteiger partial charge in [-0.3, -0.25) is 9.69 Å². The molecule has 0 radical (unpaired) electrons. The molecule has 0 spiro atoms. The smallest absolute Gasteiger partial charge is 0.320 e. The minimum Gasteiger partial charge on any atom is -0.493 e. The van der Waals surface area contributed by atoms with Gasteiger partial charge in [0, 0.05) is 6.04 Å². The van der Waals surface area contributed by atoms with Gasteiger partial charge < -0.3 is 14.2 Å². The van der Waals surface area contributed by atoms with Gasteiger partial charge in [0.1, 0.15) is 0 Å². The summed E-state index contributed by atoms with van der Waals surface area (Å²) in [5, 5.41) is 0. The number of benzene rings is 1. The van der Waals surface area contributed by atoms with Gasteiger partial charge in [-0.25, -0.2) is 0 Å². The average molecular weight is 293 g/mol. The highest BCUT2D eigenvalue weighted by Gasteiger charge is 2.28. The molecule has 116 valence electrons. The van der Waals surface area contributed by atoms with Crippen molar-refractivity contribution >= 4 is 5.97 Å². The summed E-state index contributed by atoms with van der Waals surface area (Å²) in [5.41, 5.74) is 1.15. The van der Waals surface area contributed by atoms with Gasteiger partial charge in [0.15, 0.2) is 11.5 Å². The van der Waals surface area contributed by atoms with Crippen molar-refractivity contribution in [2.45, 2.75) is 25.8 Å². The van der Waals surface area contributed by atoms with E-state index in [2.05, 4.69) is 4.90 Å². The zero-order chi connectivity index (χ0) is 15.2. The lowest BCUT2D eigenvalue weighted by molar-refractivity contribution is -0.144. The van der Waals surface area contributed by atoms with E-state index in [1.54, 1.807) is 14.2 Å². The van der Waals surface area contributed by atoms with Gasteiger partial charge in [0.05, 0.1) is 27.4 Å². The monoisotopic (exact) mass is 293 g/mol. The van der Waals surface area contributed by atoms with Crippen molar-refractivity contribution < 1.29 is 19.0 Å². The van der Waals surface area contributed by atoms with Crippen LogP contribution in [-0.4, -0.2) is 44.8 Å². The number of methoxy groups -OCH3 is 2. The molecule has 5 heteroatoms. The van der Waals surface area contributed by atoms with Gasteiger partial charge >= 0.3 is 5.97 Å². The lowest BCUT2D eigenvalue weighted by Gasteiger charge is -2.24. The molecule has 1 aromatic rings. The molecule has 21 heavy (non-hydrogen) atoms. The Morgan fingerprint density at radius 1 is 1.29 bits per heavy atom. The molecule has 0 aromatic heterocycles. The normalized spacial score (nSPS) is 18.5. The molecule has 1 atom stereocenters. The van der Waals surface area contributed by atoms with Crippen LogP contribution in [-0.2, 0) is 9.53 Å². The number of ether oxygens (including phenoxy) is 3. The zero-order valence-electron chi connectivity index (χ0n) is 12.9. The van der Waals surface area contributed by atoms with E-state index in [1.807, 2.05) is 25.1 Å². The SMILES string of the molecule is CCOC(=O)CN1CCCC1c1ccc(OC)c(OC)c1. The molecule has 0 N–H and O–H groups in total. The van der Waals surface area contributed by atoms with E-state index in [0.29, 0.717) is 13.2 Å². The summed E-state index contributed by atoms with van der Waals surface area (Å²) in [6.45, 7) is 3.51. The molecule has 0 bridgehead atoms. The maximum absolute atomic E-state index is 11.7. The second kappa shape index (κ2) is 7.31. The van der Waals surface area contributed by atoms with Crippen molar-refractivity contribution in [3.05, 3.63) is 23.8 Å². The fraction of sp³-hybridized carbons (Fsp3) is 0.562. The van der Waals surface area contributed by atoms with Crippen LogP contribution in [0.2, 0.25) is 0 Å². The van der Waals surface area contributed by atoms with Crippen LogP contribution in [0.25, 0.3) is 0 Å². The number of hydrogen-bond acceptors (Lipinski definition) is 5. The number of carbonyl (C=O) groups excluding carboxylic acids is 1. The Hall–Kier alpha value is -1.75. The topological polar surface area (TPSA) is 48.0 Å². The first-order chi connectivity index (χ1) is 10.2. The summed E-state index contributed by atoms with van der Waals surface area (Å²) in [6, 6.07) is 6.17. The summed E-state index contributed by atoms with van der Waals surface area (Å²) in [6.07, 6.45) is 2.12. The predicted molar refractivity (Wildman–Crippen MR) is 79.7 cm³/mol. The maximum Gasteiger partial charge on any atom is 0.320 e. The van der Waals surface area contributed by atoms with Crippen LogP contribution >= 0.6 is 0 Å². The largest absolute Gasteiger partial charge is 0.493 e. The molecule has 0 aliphatic carbocycles. The fourth-order valence-corrected chi connectivity index (χ4v) is 2.83. The Morgan fingerprint density at radius 3 is 2.71 bits per heavy atom. The van der Waals surface area contributed by atoms with E-state index in [4.69, 9.17) is 14.2 Å². The Balaban J connectivity index is 2.14. The average Bonchev–Trinajstić information content (AvgIpc) is 2.94. The van der Waals surface area contributed by atoms with Crippen LogP contribution in [0.15, 0.2) is 18.2 Å². The summed E-state index contributed by atoms with van der Waals surface area (Å²) < 4.78 is 15.7. The van der Waals surface area contributed by atoms with Gasteiger partial charge in [-0.15, -0.1) is 0 Å². The Labute approximate surface area is 125 Å². The maximum atomic E-state index is 11.7. The second-order valence-electron chi connectivity index (χ2n) is 5.05. The van der Waals surface area contributed by atoms with Crippen molar-refractivity contribution in [3.8, 4) is 11.5 Å². The highest BCUT2D eigenvalue weighted by atomic mass is 16.5. The van der Waals surface area contributed by atoms with E-state index in [0.717, 1.165) is 36.4 Å². The molecular formula is C16H23NO4. The van der Waals surface area contributed by atoms with Crippen LogP contribution in [0.5, 0.6) is 11.5 Å². The molecule has 5 nitrogen and oxygen atoms in total. The molecule has 1 aliphatic heterocycles. The first kappa shape index (κ1) is 15.6. The third-order valence-corrected chi connectivity index (χ3v) is 3.79. The first-order valence-corrected chi connectivity index (χ1v) is 7.31. The Morgan fingerprint density at radius 2 is 2.05 bits per heavy atom. The van der Waals surface area contributed by atoms with Crippen molar-refractivity contribution in [1.82, 2.24) is 4.90 Å². The highest BCUT2D eigenvalue weighted by molar-refractivity contribution is 5.71. The number of esters is 1. The molecular weight excluding hydrogens is 270 g/mol. The molecule has 0 saturated carbocycles. The molecule has 1 saturated heterocycles. The highest BCUT2D eigenvalue weighted by Crippen LogP contribution is 2.36. The van der Waals surface area contributed by atoms with E-state index < -0.39 is 0 Å². The van der Waals surface area contributed by atoms with Crippen LogP contribution in [0.4, 0.5) is 0 Å². The molecule has 1 unspecified atom stereocenters. The van der Waals surface area contributed by atoms with Crippen LogP contribution < -0.4 is 9.47 Å². The summed E-state index contributed by atoms with van der Waals surface area (Å²) in [4.78, 5) is 13.9. The van der Waals surface area contributed by atoms with Crippen LogP contribution in [0.1, 0.15) is 31.4 Å². The van der Waals surface area contributed by atoms with Gasteiger partial charge in [0.2, 0.25) is 0 Å². The summed E-state index contributed by atoms with van der Waals surface area (Å²) in [5.74, 6) is 1.28. The van der Waals surface area contributed by atoms with Crippen molar-refractivity contribution in [2.75, 3.05) is 33.9 Å². The second-order valence-corrected chi connectivity index (χ2v) is 5.05. The number of carbonyl (C=O) groups is 1. The molecule has 1 aromatic carbocycles. The van der Waals surface area contributed by atoms with Crippen LogP contribution in [0, 0.1) is 0 Å². The van der Waals surface area contributed by atoms with Crippen molar-refractivity contribution in [2.24, 2.45) is 0 Å². The first-order valence-electron chi connectivity index (χ1n) is 7.31. The summed E-state index contributed by atoms with van der Waals surface area (Å²) >= 11 is 0. The molecule has 2 rings (SSSR count). The van der Waals surface area contributed by atoms with Gasteiger partial charge in [-0.05, 0) is 44.0 Å². The van der Waals surface area contributed by atoms with Gasteiger partial charge in [0.25, 0.3) is 0 Å². The van der Waals surface area contributed by atoms with Crippen LogP contribution in [0.3, 0.4) is 0 Å². The number of nitrogens with zero attached hydrogens (tertiary/aromatic N) is 1. The number of rotatable bonds is 6. The van der Waals surface area contributed by atoms with E-state index in [9.17, 15) is 4.79 Å². The molecule has 1 fully saturated rings. The standard InChI is InChI=1S/C16H23NO4/c1-4-21-16(18)11-17-9-5-6-13(17)12-7-8-14(19-2)15(10-12)20-3/h7-8,10,13H,4-6,9,11H2,1-3H3. The number of hydrogen-bond donors (Lipinski definition) is 0. The minimum absolute atomic E-state index is 0.162. The number of likely N-dealkylation sites (tertiary alicyclic amines) is 1. The predicted octanol–water partition coefficient (Wildman–Crippen LogP) is 2.40. The lowest BCUT2D eigenvalue weighted by Crippen LogP contribution is -2.30. The van der Waals surface area contributed by atoms with Crippen molar-refractivity contribution in [3.63, 3.8) is 0 Å². The Kier molecular flexibility index (Phi) is 5.44. The molecule has 0 amide bonds.